The van der Waals surface area contributed by atoms with Crippen molar-refractivity contribution in [1.29, 1.82) is 0 Å². The molecule has 1 aliphatic rings. The Bertz CT molecular complexity index is 836. The van der Waals surface area contributed by atoms with E-state index in [0.29, 0.717) is 32.5 Å². The van der Waals surface area contributed by atoms with Crippen molar-refractivity contribution in [2.45, 2.75) is 32.6 Å². The third-order valence-electron chi connectivity index (χ3n) is 5.33. The first-order chi connectivity index (χ1) is 14.1. The summed E-state index contributed by atoms with van der Waals surface area (Å²) in [6.45, 7) is 3.22. The van der Waals surface area contributed by atoms with Gasteiger partial charge in [-0.3, -0.25) is 14.6 Å². The molecule has 5 nitrogen and oxygen atoms in total. The van der Waals surface area contributed by atoms with Crippen LogP contribution in [0.1, 0.15) is 37.3 Å². The Kier molecular flexibility index (Phi) is 7.17. The molecule has 5 heteroatoms. The lowest BCUT2D eigenvalue weighted by molar-refractivity contribution is -0.160. The quantitative estimate of drug-likeness (QED) is 0.671. The number of allylic oxidation sites excluding steroid dienone is 1. The van der Waals surface area contributed by atoms with E-state index in [1.807, 2.05) is 66.4 Å². The molecule has 1 fully saturated rings. The lowest BCUT2D eigenvalue weighted by atomic mass is 9.76. The summed E-state index contributed by atoms with van der Waals surface area (Å²) in [5.41, 5.74) is 1.28. The summed E-state index contributed by atoms with van der Waals surface area (Å²) in [6, 6.07) is 13.7. The van der Waals surface area contributed by atoms with Gasteiger partial charge in [0.15, 0.2) is 0 Å². The number of piperidine rings is 1. The number of hydrogen-bond acceptors (Lipinski definition) is 4. The van der Waals surface area contributed by atoms with Crippen molar-refractivity contribution in [3.8, 4) is 0 Å². The van der Waals surface area contributed by atoms with Crippen LogP contribution >= 0.6 is 0 Å². The van der Waals surface area contributed by atoms with Crippen LogP contribution in [0, 0.1) is 5.41 Å². The third kappa shape index (κ3) is 5.53. The molecule has 0 spiro atoms. The summed E-state index contributed by atoms with van der Waals surface area (Å²) in [7, 11) is 0. The fraction of sp³-hybridized carbons (Fsp3) is 0.375. The zero-order valence-corrected chi connectivity index (χ0v) is 16.9. The monoisotopic (exact) mass is 392 g/mol. The number of carbonyl (C=O) groups excluding carboxylic acids is 2. The Hall–Kier alpha value is -2.95. The van der Waals surface area contributed by atoms with Gasteiger partial charge < -0.3 is 9.64 Å². The fourth-order valence-corrected chi connectivity index (χ4v) is 3.82. The highest BCUT2D eigenvalue weighted by atomic mass is 16.5. The van der Waals surface area contributed by atoms with E-state index in [2.05, 4.69) is 4.98 Å². The first kappa shape index (κ1) is 20.8. The molecule has 1 aliphatic heterocycles. The lowest BCUT2D eigenvalue weighted by Gasteiger charge is -2.40. The number of benzene rings is 1. The van der Waals surface area contributed by atoms with Crippen LogP contribution in [0.4, 0.5) is 0 Å². The van der Waals surface area contributed by atoms with Crippen molar-refractivity contribution in [3.05, 3.63) is 72.1 Å². The van der Waals surface area contributed by atoms with Crippen LogP contribution in [0.15, 0.2) is 60.9 Å². The van der Waals surface area contributed by atoms with Gasteiger partial charge >= 0.3 is 5.97 Å². The average Bonchev–Trinajstić information content (AvgIpc) is 2.75. The van der Waals surface area contributed by atoms with Gasteiger partial charge in [-0.25, -0.2) is 0 Å². The molecule has 0 radical (unpaired) electrons. The minimum absolute atomic E-state index is 0.0263. The van der Waals surface area contributed by atoms with Gasteiger partial charge in [-0.05, 0) is 43.4 Å². The summed E-state index contributed by atoms with van der Waals surface area (Å²) in [5, 5.41) is 0. The Morgan fingerprint density at radius 1 is 1.21 bits per heavy atom. The SMILES string of the molecule is CCOC(=O)C1(CC=Cc2ccccc2)CCCN(C(=O)Cc2cccnc2)C1. The summed E-state index contributed by atoms with van der Waals surface area (Å²) in [5.74, 6) is -0.185. The normalized spacial score (nSPS) is 19.3. The number of pyridine rings is 1. The molecule has 29 heavy (non-hydrogen) atoms. The third-order valence-corrected chi connectivity index (χ3v) is 5.33. The van der Waals surface area contributed by atoms with Gasteiger partial charge in [0.25, 0.3) is 0 Å². The summed E-state index contributed by atoms with van der Waals surface area (Å²) >= 11 is 0. The topological polar surface area (TPSA) is 59.5 Å². The highest BCUT2D eigenvalue weighted by Gasteiger charge is 2.43. The van der Waals surface area contributed by atoms with E-state index in [4.69, 9.17) is 4.74 Å². The number of likely N-dealkylation sites (tertiary alicyclic amines) is 1. The predicted molar refractivity (Wildman–Crippen MR) is 113 cm³/mol. The maximum absolute atomic E-state index is 12.9. The van der Waals surface area contributed by atoms with Crippen molar-refractivity contribution in [1.82, 2.24) is 9.88 Å². The van der Waals surface area contributed by atoms with E-state index >= 15 is 0 Å². The molecule has 0 bridgehead atoms. The molecule has 1 atom stereocenters. The minimum Gasteiger partial charge on any atom is -0.466 e. The Morgan fingerprint density at radius 2 is 2.03 bits per heavy atom. The molecule has 3 rings (SSSR count). The van der Waals surface area contributed by atoms with Gasteiger partial charge in [-0.2, -0.15) is 0 Å². The second kappa shape index (κ2) is 10.0. The number of hydrogen-bond donors (Lipinski definition) is 0. The van der Waals surface area contributed by atoms with E-state index < -0.39 is 5.41 Å². The average molecular weight is 392 g/mol. The second-order valence-electron chi connectivity index (χ2n) is 7.47. The molecule has 1 unspecified atom stereocenters. The largest absolute Gasteiger partial charge is 0.466 e. The van der Waals surface area contributed by atoms with Gasteiger partial charge in [-0.15, -0.1) is 0 Å². The lowest BCUT2D eigenvalue weighted by Crippen LogP contribution is -2.50. The van der Waals surface area contributed by atoms with Crippen LogP contribution in [0.3, 0.4) is 0 Å². The number of nitrogens with zero attached hydrogens (tertiary/aromatic N) is 2. The Labute approximate surface area is 172 Å². The molecule has 1 saturated heterocycles. The van der Waals surface area contributed by atoms with Gasteiger partial charge in [0, 0.05) is 25.5 Å². The van der Waals surface area contributed by atoms with Crippen molar-refractivity contribution in [2.75, 3.05) is 19.7 Å². The molecule has 2 heterocycles. The predicted octanol–water partition coefficient (Wildman–Crippen LogP) is 3.90. The number of carbonyl (C=O) groups is 2. The van der Waals surface area contributed by atoms with Crippen molar-refractivity contribution >= 4 is 18.0 Å². The van der Waals surface area contributed by atoms with Crippen LogP contribution in [0.5, 0.6) is 0 Å². The van der Waals surface area contributed by atoms with Crippen molar-refractivity contribution in [2.24, 2.45) is 5.41 Å². The minimum atomic E-state index is -0.690. The summed E-state index contributed by atoms with van der Waals surface area (Å²) in [4.78, 5) is 31.6. The van der Waals surface area contributed by atoms with E-state index in [0.717, 1.165) is 24.0 Å². The van der Waals surface area contributed by atoms with Crippen LogP contribution in [0.2, 0.25) is 0 Å². The number of ether oxygens (including phenoxy) is 1. The molecule has 152 valence electrons. The van der Waals surface area contributed by atoms with E-state index in [9.17, 15) is 9.59 Å². The smallest absolute Gasteiger partial charge is 0.314 e. The molecule has 1 aromatic heterocycles. The number of amides is 1. The Morgan fingerprint density at radius 3 is 2.76 bits per heavy atom. The van der Waals surface area contributed by atoms with Crippen molar-refractivity contribution < 1.29 is 14.3 Å². The van der Waals surface area contributed by atoms with Crippen LogP contribution < -0.4 is 0 Å². The fourth-order valence-electron chi connectivity index (χ4n) is 3.82. The van der Waals surface area contributed by atoms with E-state index in [1.165, 1.54) is 0 Å². The van der Waals surface area contributed by atoms with Crippen LogP contribution in [-0.4, -0.2) is 41.5 Å². The highest BCUT2D eigenvalue weighted by molar-refractivity contribution is 5.82. The van der Waals surface area contributed by atoms with Gasteiger partial charge in [0.05, 0.1) is 18.4 Å². The highest BCUT2D eigenvalue weighted by Crippen LogP contribution is 2.36. The Balaban J connectivity index is 1.73. The zero-order chi connectivity index (χ0) is 20.5. The maximum Gasteiger partial charge on any atom is 0.314 e. The van der Waals surface area contributed by atoms with Crippen LogP contribution in [0.25, 0.3) is 6.08 Å². The molecule has 2 aromatic rings. The van der Waals surface area contributed by atoms with Crippen LogP contribution in [-0.2, 0) is 20.7 Å². The molecule has 0 saturated carbocycles. The molecule has 0 N–H and O–H groups in total. The number of aromatic nitrogens is 1. The van der Waals surface area contributed by atoms with Crippen molar-refractivity contribution in [3.63, 3.8) is 0 Å². The molecule has 0 aliphatic carbocycles. The number of esters is 1. The molecular formula is C24H28N2O3. The molecular weight excluding hydrogens is 364 g/mol. The van der Waals surface area contributed by atoms with E-state index in [1.54, 1.807) is 12.4 Å². The summed E-state index contributed by atoms with van der Waals surface area (Å²) < 4.78 is 5.41. The van der Waals surface area contributed by atoms with E-state index in [-0.39, 0.29) is 11.9 Å². The standard InChI is InChI=1S/C24H28N2O3/c1-2-29-23(28)24(13-6-11-20-9-4-3-5-10-20)14-8-16-26(19-24)22(27)17-21-12-7-15-25-18-21/h3-7,9-12,15,18H,2,8,13-14,16-17,19H2,1H3. The second-order valence-corrected chi connectivity index (χ2v) is 7.47. The van der Waals surface area contributed by atoms with Gasteiger partial charge in [0.1, 0.15) is 0 Å². The zero-order valence-electron chi connectivity index (χ0n) is 16.9. The van der Waals surface area contributed by atoms with Gasteiger partial charge in [0.2, 0.25) is 5.91 Å². The molecule has 1 amide bonds. The molecule has 1 aromatic carbocycles. The first-order valence-corrected chi connectivity index (χ1v) is 10.2. The first-order valence-electron chi connectivity index (χ1n) is 10.2. The van der Waals surface area contributed by atoms with Gasteiger partial charge in [-0.1, -0.05) is 48.6 Å². The number of rotatable bonds is 7. The maximum atomic E-state index is 12.9. The summed E-state index contributed by atoms with van der Waals surface area (Å²) in [6.07, 6.45) is 9.82.